The SMILES string of the molecule is C=CCOc1ccc(C(=O)NN2C(=O)c3ccccc3N[C@@H]2c2cc(Br)ccc2OCCC)cc1. The quantitative estimate of drug-likeness (QED) is 0.343. The number of nitrogens with one attached hydrogen (secondary N) is 2. The fraction of sp³-hybridized carbons (Fsp3) is 0.185. The summed E-state index contributed by atoms with van der Waals surface area (Å²) in [5.41, 5.74) is 5.03. The number of amides is 2. The number of hydrogen-bond acceptors (Lipinski definition) is 5. The molecule has 3 aromatic rings. The number of carbonyl (C=O) groups excluding carboxylic acids is 2. The molecule has 0 aromatic heterocycles. The van der Waals surface area contributed by atoms with Gasteiger partial charge in [-0.2, -0.15) is 0 Å². The molecule has 0 radical (unpaired) electrons. The van der Waals surface area contributed by atoms with Crippen LogP contribution in [0, 0.1) is 0 Å². The molecule has 3 aromatic carbocycles. The van der Waals surface area contributed by atoms with Crippen LogP contribution in [0.25, 0.3) is 0 Å². The molecule has 2 amide bonds. The molecule has 1 heterocycles. The predicted molar refractivity (Wildman–Crippen MR) is 139 cm³/mol. The van der Waals surface area contributed by atoms with Crippen LogP contribution in [0.2, 0.25) is 0 Å². The molecule has 0 saturated carbocycles. The minimum atomic E-state index is -0.694. The minimum Gasteiger partial charge on any atom is -0.493 e. The Bertz CT molecular complexity index is 1230. The number of hydrogen-bond donors (Lipinski definition) is 2. The maximum atomic E-state index is 13.5. The molecule has 0 fully saturated rings. The van der Waals surface area contributed by atoms with Crippen LogP contribution in [0.5, 0.6) is 11.5 Å². The Morgan fingerprint density at radius 2 is 1.91 bits per heavy atom. The minimum absolute atomic E-state index is 0.329. The van der Waals surface area contributed by atoms with E-state index in [0.29, 0.717) is 47.1 Å². The van der Waals surface area contributed by atoms with Crippen LogP contribution in [0.15, 0.2) is 83.9 Å². The highest BCUT2D eigenvalue weighted by molar-refractivity contribution is 9.10. The molecule has 0 aliphatic carbocycles. The van der Waals surface area contributed by atoms with Crippen molar-refractivity contribution in [1.82, 2.24) is 10.4 Å². The van der Waals surface area contributed by atoms with Gasteiger partial charge in [-0.05, 0) is 61.0 Å². The number of anilines is 1. The van der Waals surface area contributed by atoms with Crippen molar-refractivity contribution in [2.45, 2.75) is 19.5 Å². The first-order chi connectivity index (χ1) is 17.0. The molecule has 4 rings (SSSR count). The maximum Gasteiger partial charge on any atom is 0.276 e. The summed E-state index contributed by atoms with van der Waals surface area (Å²) in [5.74, 6) is 0.495. The van der Waals surface area contributed by atoms with Gasteiger partial charge < -0.3 is 14.8 Å². The highest BCUT2D eigenvalue weighted by Crippen LogP contribution is 2.37. The van der Waals surface area contributed by atoms with Crippen LogP contribution < -0.4 is 20.2 Å². The lowest BCUT2D eigenvalue weighted by Crippen LogP contribution is -2.53. The van der Waals surface area contributed by atoms with Gasteiger partial charge in [0.15, 0.2) is 6.17 Å². The number of halogens is 1. The molecule has 0 unspecified atom stereocenters. The summed E-state index contributed by atoms with van der Waals surface area (Å²) in [6.07, 6.45) is 1.79. The van der Waals surface area contributed by atoms with E-state index in [9.17, 15) is 9.59 Å². The van der Waals surface area contributed by atoms with Crippen LogP contribution in [0.1, 0.15) is 45.8 Å². The van der Waals surface area contributed by atoms with E-state index in [1.807, 2.05) is 37.3 Å². The first-order valence-electron chi connectivity index (χ1n) is 11.3. The van der Waals surface area contributed by atoms with E-state index in [4.69, 9.17) is 9.47 Å². The molecule has 0 bridgehead atoms. The van der Waals surface area contributed by atoms with Gasteiger partial charge in [-0.25, -0.2) is 5.01 Å². The van der Waals surface area contributed by atoms with Gasteiger partial charge >= 0.3 is 0 Å². The van der Waals surface area contributed by atoms with Crippen molar-refractivity contribution < 1.29 is 19.1 Å². The van der Waals surface area contributed by atoms with E-state index in [1.165, 1.54) is 5.01 Å². The van der Waals surface area contributed by atoms with E-state index < -0.39 is 12.1 Å². The largest absolute Gasteiger partial charge is 0.493 e. The second-order valence-electron chi connectivity index (χ2n) is 7.86. The van der Waals surface area contributed by atoms with Gasteiger partial charge in [0.05, 0.1) is 12.2 Å². The van der Waals surface area contributed by atoms with Crippen molar-refractivity contribution in [2.75, 3.05) is 18.5 Å². The van der Waals surface area contributed by atoms with Crippen molar-refractivity contribution in [3.8, 4) is 11.5 Å². The molecule has 35 heavy (non-hydrogen) atoms. The Balaban J connectivity index is 1.68. The molecule has 0 saturated heterocycles. The maximum absolute atomic E-state index is 13.5. The van der Waals surface area contributed by atoms with Gasteiger partial charge in [0.1, 0.15) is 18.1 Å². The third-order valence-electron chi connectivity index (χ3n) is 5.36. The number of nitrogens with zero attached hydrogens (tertiary/aromatic N) is 1. The molecular weight excluding hydrogens is 510 g/mol. The van der Waals surface area contributed by atoms with Gasteiger partial charge in [0, 0.05) is 21.3 Å². The topological polar surface area (TPSA) is 79.9 Å². The summed E-state index contributed by atoms with van der Waals surface area (Å²) >= 11 is 3.52. The van der Waals surface area contributed by atoms with Crippen molar-refractivity contribution in [3.63, 3.8) is 0 Å². The zero-order valence-corrected chi connectivity index (χ0v) is 20.9. The fourth-order valence-electron chi connectivity index (χ4n) is 3.69. The number of benzene rings is 3. The molecule has 2 N–H and O–H groups in total. The Kier molecular flexibility index (Phi) is 7.72. The smallest absolute Gasteiger partial charge is 0.276 e. The van der Waals surface area contributed by atoms with Crippen LogP contribution in [0.4, 0.5) is 5.69 Å². The summed E-state index contributed by atoms with van der Waals surface area (Å²) in [6, 6.07) is 19.5. The molecule has 1 aliphatic heterocycles. The van der Waals surface area contributed by atoms with Crippen molar-refractivity contribution in [3.05, 3.63) is 101 Å². The zero-order chi connectivity index (χ0) is 24.8. The molecule has 7 nitrogen and oxygen atoms in total. The highest BCUT2D eigenvalue weighted by atomic mass is 79.9. The first kappa shape index (κ1) is 24.3. The first-order valence-corrected chi connectivity index (χ1v) is 12.1. The van der Waals surface area contributed by atoms with Gasteiger partial charge in [-0.1, -0.05) is 47.6 Å². The Morgan fingerprint density at radius 1 is 1.14 bits per heavy atom. The zero-order valence-electron chi connectivity index (χ0n) is 19.3. The normalized spacial score (nSPS) is 14.5. The summed E-state index contributed by atoms with van der Waals surface area (Å²) in [6.45, 7) is 6.55. The van der Waals surface area contributed by atoms with E-state index in [-0.39, 0.29) is 5.91 Å². The monoisotopic (exact) mass is 535 g/mol. The van der Waals surface area contributed by atoms with Crippen molar-refractivity contribution in [1.29, 1.82) is 0 Å². The molecule has 1 atom stereocenters. The van der Waals surface area contributed by atoms with Crippen molar-refractivity contribution >= 4 is 33.4 Å². The lowest BCUT2D eigenvalue weighted by molar-refractivity contribution is 0.0487. The Hall–Kier alpha value is -3.78. The average Bonchev–Trinajstić information content (AvgIpc) is 2.88. The van der Waals surface area contributed by atoms with Crippen LogP contribution >= 0.6 is 15.9 Å². The van der Waals surface area contributed by atoms with Crippen LogP contribution in [-0.2, 0) is 0 Å². The number of rotatable bonds is 9. The molecule has 180 valence electrons. The molecule has 0 spiro atoms. The number of para-hydroxylation sites is 1. The van der Waals surface area contributed by atoms with E-state index >= 15 is 0 Å². The standard InChI is InChI=1S/C27H26BrN3O4/c1-3-15-34-20-12-9-18(10-13-20)26(32)30-31-25(29-23-8-6-5-7-21(23)27(31)33)22-17-19(28)11-14-24(22)35-16-4-2/h3,5-14,17,25,29H,1,4,15-16H2,2H3,(H,30,32)/t25-/m0/s1. The van der Waals surface area contributed by atoms with Gasteiger partial charge in [-0.15, -0.1) is 0 Å². The highest BCUT2D eigenvalue weighted by Gasteiger charge is 2.36. The Labute approximate surface area is 212 Å². The van der Waals surface area contributed by atoms with Gasteiger partial charge in [0.2, 0.25) is 0 Å². The van der Waals surface area contributed by atoms with E-state index in [0.717, 1.165) is 10.9 Å². The third kappa shape index (κ3) is 5.49. The van der Waals surface area contributed by atoms with Crippen LogP contribution in [0.3, 0.4) is 0 Å². The second kappa shape index (κ2) is 11.1. The number of fused-ring (bicyclic) bond motifs is 1. The summed E-state index contributed by atoms with van der Waals surface area (Å²) in [7, 11) is 0. The molecule has 8 heteroatoms. The summed E-state index contributed by atoms with van der Waals surface area (Å²) in [4.78, 5) is 26.7. The average molecular weight is 536 g/mol. The Morgan fingerprint density at radius 3 is 2.66 bits per heavy atom. The van der Waals surface area contributed by atoms with Crippen LogP contribution in [-0.4, -0.2) is 30.0 Å². The predicted octanol–water partition coefficient (Wildman–Crippen LogP) is 5.71. The fourth-order valence-corrected chi connectivity index (χ4v) is 4.07. The molecule has 1 aliphatic rings. The summed E-state index contributed by atoms with van der Waals surface area (Å²) < 4.78 is 12.3. The second-order valence-corrected chi connectivity index (χ2v) is 8.78. The number of carbonyl (C=O) groups is 2. The van der Waals surface area contributed by atoms with Gasteiger partial charge in [0.25, 0.3) is 11.8 Å². The van der Waals surface area contributed by atoms with Crippen molar-refractivity contribution in [2.24, 2.45) is 0 Å². The number of hydrazine groups is 1. The van der Waals surface area contributed by atoms with E-state index in [1.54, 1.807) is 42.5 Å². The lowest BCUT2D eigenvalue weighted by atomic mass is 10.0. The molecular formula is C27H26BrN3O4. The third-order valence-corrected chi connectivity index (χ3v) is 5.85. The number of ether oxygens (including phenoxy) is 2. The van der Waals surface area contributed by atoms with E-state index in [2.05, 4.69) is 33.3 Å². The lowest BCUT2D eigenvalue weighted by Gasteiger charge is -2.38. The summed E-state index contributed by atoms with van der Waals surface area (Å²) in [5, 5.41) is 4.70. The van der Waals surface area contributed by atoms with Gasteiger partial charge in [-0.3, -0.25) is 15.0 Å².